The standard InChI is InChI=1S/C20H11Cl2F3O3S/c21-18-12(4-8-15(27)19(18)22)3-7-14(26)17-10-9-16(29-17)11-1-5-13(6-2-11)28-20(23,24)25/h1-10,27H. The molecule has 150 valence electrons. The molecule has 0 saturated carbocycles. The molecule has 0 aliphatic heterocycles. The number of phenolic OH excluding ortho intramolecular Hbond substituents is 1. The number of halogens is 5. The van der Waals surface area contributed by atoms with Crippen LogP contribution in [0.2, 0.25) is 10.0 Å². The maximum absolute atomic E-state index is 12.4. The highest BCUT2D eigenvalue weighted by Crippen LogP contribution is 2.35. The molecule has 1 heterocycles. The summed E-state index contributed by atoms with van der Waals surface area (Å²) in [5, 5.41) is 9.62. The van der Waals surface area contributed by atoms with Gasteiger partial charge in [0.1, 0.15) is 16.5 Å². The van der Waals surface area contributed by atoms with Gasteiger partial charge >= 0.3 is 6.36 Å². The van der Waals surface area contributed by atoms with Gasteiger partial charge in [-0.05, 0) is 71.8 Å². The van der Waals surface area contributed by atoms with Crippen LogP contribution in [0.3, 0.4) is 0 Å². The lowest BCUT2D eigenvalue weighted by molar-refractivity contribution is -0.274. The molecule has 0 unspecified atom stereocenters. The van der Waals surface area contributed by atoms with Crippen molar-refractivity contribution in [3.63, 3.8) is 0 Å². The van der Waals surface area contributed by atoms with Gasteiger partial charge < -0.3 is 9.84 Å². The predicted molar refractivity (Wildman–Crippen MR) is 108 cm³/mol. The third kappa shape index (κ3) is 5.32. The van der Waals surface area contributed by atoms with Gasteiger partial charge in [0, 0.05) is 4.88 Å². The fourth-order valence-corrected chi connectivity index (χ4v) is 3.70. The van der Waals surface area contributed by atoms with Crippen LogP contribution in [-0.4, -0.2) is 17.3 Å². The first kappa shape index (κ1) is 21.2. The third-order valence-corrected chi connectivity index (χ3v) is 5.76. The maximum atomic E-state index is 12.4. The molecule has 3 aromatic rings. The molecule has 9 heteroatoms. The lowest BCUT2D eigenvalue weighted by atomic mass is 10.1. The number of phenols is 1. The third-order valence-electron chi connectivity index (χ3n) is 3.73. The summed E-state index contributed by atoms with van der Waals surface area (Å²) in [6.07, 6.45) is -1.94. The van der Waals surface area contributed by atoms with Crippen molar-refractivity contribution < 1.29 is 27.8 Å². The summed E-state index contributed by atoms with van der Waals surface area (Å²) in [4.78, 5) is 13.5. The van der Waals surface area contributed by atoms with Crippen LogP contribution < -0.4 is 4.74 Å². The summed E-state index contributed by atoms with van der Waals surface area (Å²) >= 11 is 13.1. The fraction of sp³-hybridized carbons (Fsp3) is 0.0500. The summed E-state index contributed by atoms with van der Waals surface area (Å²) in [6.45, 7) is 0. The van der Waals surface area contributed by atoms with Crippen LogP contribution >= 0.6 is 34.5 Å². The van der Waals surface area contributed by atoms with Crippen LogP contribution in [0.1, 0.15) is 15.2 Å². The number of ketones is 1. The van der Waals surface area contributed by atoms with E-state index >= 15 is 0 Å². The number of allylic oxidation sites excluding steroid dienone is 1. The first-order valence-corrected chi connectivity index (χ1v) is 9.56. The van der Waals surface area contributed by atoms with Crippen LogP contribution in [-0.2, 0) is 0 Å². The lowest BCUT2D eigenvalue weighted by Crippen LogP contribution is -2.16. The highest BCUT2D eigenvalue weighted by molar-refractivity contribution is 7.17. The summed E-state index contributed by atoms with van der Waals surface area (Å²) in [5.74, 6) is -0.755. The molecule has 3 nitrogen and oxygen atoms in total. The number of carbonyl (C=O) groups is 1. The van der Waals surface area contributed by atoms with Crippen LogP contribution in [0.15, 0.2) is 54.6 Å². The summed E-state index contributed by atoms with van der Waals surface area (Å²) in [6, 6.07) is 11.6. The van der Waals surface area contributed by atoms with E-state index in [4.69, 9.17) is 23.2 Å². The number of ether oxygens (including phenoxy) is 1. The number of thiophene rings is 1. The lowest BCUT2D eigenvalue weighted by Gasteiger charge is -2.08. The zero-order valence-electron chi connectivity index (χ0n) is 14.3. The van der Waals surface area contributed by atoms with Crippen molar-refractivity contribution in [3.8, 4) is 21.9 Å². The van der Waals surface area contributed by atoms with E-state index in [1.165, 1.54) is 59.9 Å². The van der Waals surface area contributed by atoms with Gasteiger partial charge in [0.25, 0.3) is 0 Å². The molecule has 0 spiro atoms. The van der Waals surface area contributed by atoms with Crippen LogP contribution in [0, 0.1) is 0 Å². The Bertz CT molecular complexity index is 1070. The second kappa shape index (κ2) is 8.49. The molecule has 0 aliphatic rings. The summed E-state index contributed by atoms with van der Waals surface area (Å²) < 4.78 is 40.5. The maximum Gasteiger partial charge on any atom is 0.573 e. The fourth-order valence-electron chi connectivity index (χ4n) is 2.38. The molecule has 3 rings (SSSR count). The smallest absolute Gasteiger partial charge is 0.506 e. The number of hydrogen-bond acceptors (Lipinski definition) is 4. The SMILES string of the molecule is O=C(C=Cc1ccc(O)c(Cl)c1Cl)c1ccc(-c2ccc(OC(F)(F)F)cc2)s1. The van der Waals surface area contributed by atoms with Gasteiger partial charge in [0.05, 0.1) is 9.90 Å². The second-order valence-corrected chi connectivity index (χ2v) is 7.58. The average molecular weight is 459 g/mol. The minimum atomic E-state index is -4.75. The van der Waals surface area contributed by atoms with Gasteiger partial charge in [-0.2, -0.15) is 0 Å². The minimum absolute atomic E-state index is 0.00220. The molecule has 2 aromatic carbocycles. The topological polar surface area (TPSA) is 46.5 Å². The van der Waals surface area contributed by atoms with Crippen molar-refractivity contribution in [2.24, 2.45) is 0 Å². The summed E-state index contributed by atoms with van der Waals surface area (Å²) in [5.41, 5.74) is 1.13. The minimum Gasteiger partial charge on any atom is -0.506 e. The van der Waals surface area contributed by atoms with E-state index in [0.717, 1.165) is 0 Å². The highest BCUT2D eigenvalue weighted by atomic mass is 35.5. The number of benzene rings is 2. The molecule has 1 N–H and O–H groups in total. The first-order valence-electron chi connectivity index (χ1n) is 7.99. The Kier molecular flexibility index (Phi) is 6.21. The van der Waals surface area contributed by atoms with E-state index in [0.29, 0.717) is 20.9 Å². The van der Waals surface area contributed by atoms with Crippen molar-refractivity contribution in [1.82, 2.24) is 0 Å². The molecule has 0 radical (unpaired) electrons. The molecule has 0 fully saturated rings. The van der Waals surface area contributed by atoms with Crippen molar-refractivity contribution in [3.05, 3.63) is 75.1 Å². The molecule has 0 atom stereocenters. The first-order chi connectivity index (χ1) is 13.6. The molecule has 0 aliphatic carbocycles. The van der Waals surface area contributed by atoms with Gasteiger partial charge in [-0.15, -0.1) is 24.5 Å². The Morgan fingerprint density at radius 3 is 2.34 bits per heavy atom. The number of aromatic hydroxyl groups is 1. The normalized spacial score (nSPS) is 11.8. The Labute approximate surface area is 177 Å². The zero-order chi connectivity index (χ0) is 21.2. The van der Waals surface area contributed by atoms with Gasteiger partial charge in [0.2, 0.25) is 0 Å². The molecule has 29 heavy (non-hydrogen) atoms. The number of hydrogen-bond donors (Lipinski definition) is 1. The highest BCUT2D eigenvalue weighted by Gasteiger charge is 2.31. The van der Waals surface area contributed by atoms with Crippen LogP contribution in [0.25, 0.3) is 16.5 Å². The Morgan fingerprint density at radius 1 is 1.00 bits per heavy atom. The van der Waals surface area contributed by atoms with E-state index in [9.17, 15) is 23.1 Å². The number of carbonyl (C=O) groups excluding carboxylic acids is 1. The monoisotopic (exact) mass is 458 g/mol. The quantitative estimate of drug-likeness (QED) is 0.324. The predicted octanol–water partition coefficient (Wildman–Crippen LogP) is 7.22. The molecule has 0 bridgehead atoms. The van der Waals surface area contributed by atoms with Crippen molar-refractivity contribution in [2.45, 2.75) is 6.36 Å². The zero-order valence-corrected chi connectivity index (χ0v) is 16.7. The molecular formula is C20H11Cl2F3O3S. The van der Waals surface area contributed by atoms with Crippen molar-refractivity contribution >= 4 is 46.4 Å². The van der Waals surface area contributed by atoms with E-state index in [2.05, 4.69) is 4.74 Å². The van der Waals surface area contributed by atoms with Gasteiger partial charge in [-0.3, -0.25) is 4.79 Å². The van der Waals surface area contributed by atoms with Crippen molar-refractivity contribution in [1.29, 1.82) is 0 Å². The van der Waals surface area contributed by atoms with E-state index in [1.54, 1.807) is 12.1 Å². The van der Waals surface area contributed by atoms with Crippen LogP contribution in [0.5, 0.6) is 11.5 Å². The Balaban J connectivity index is 1.74. The van der Waals surface area contributed by atoms with Gasteiger partial charge in [0.15, 0.2) is 5.78 Å². The average Bonchev–Trinajstić information content (AvgIpc) is 3.15. The second-order valence-electron chi connectivity index (χ2n) is 5.74. The largest absolute Gasteiger partial charge is 0.573 e. The molecule has 1 aromatic heterocycles. The van der Waals surface area contributed by atoms with Gasteiger partial charge in [-0.1, -0.05) is 23.2 Å². The van der Waals surface area contributed by atoms with Crippen molar-refractivity contribution in [2.75, 3.05) is 0 Å². The molecule has 0 saturated heterocycles. The molecular weight excluding hydrogens is 448 g/mol. The molecule has 0 amide bonds. The Hall–Kier alpha value is -2.48. The Morgan fingerprint density at radius 2 is 1.69 bits per heavy atom. The van der Waals surface area contributed by atoms with E-state index in [1.807, 2.05) is 0 Å². The van der Waals surface area contributed by atoms with E-state index in [-0.39, 0.29) is 27.3 Å². The van der Waals surface area contributed by atoms with Crippen LogP contribution in [0.4, 0.5) is 13.2 Å². The number of rotatable bonds is 5. The summed E-state index contributed by atoms with van der Waals surface area (Å²) in [7, 11) is 0. The van der Waals surface area contributed by atoms with E-state index < -0.39 is 6.36 Å². The van der Waals surface area contributed by atoms with Gasteiger partial charge in [-0.25, -0.2) is 0 Å². The number of alkyl halides is 3.